The van der Waals surface area contributed by atoms with E-state index in [4.69, 9.17) is 4.98 Å². The molecule has 7 nitrogen and oxygen atoms in total. The second kappa shape index (κ2) is 7.41. The Morgan fingerprint density at radius 2 is 1.78 bits per heavy atom. The van der Waals surface area contributed by atoms with Gasteiger partial charge >= 0.3 is 0 Å². The molecule has 4 rings (SSSR count). The highest BCUT2D eigenvalue weighted by Crippen LogP contribution is 2.28. The van der Waals surface area contributed by atoms with Crippen LogP contribution in [0.25, 0.3) is 11.2 Å². The van der Waals surface area contributed by atoms with Gasteiger partial charge in [0.1, 0.15) is 6.33 Å². The summed E-state index contributed by atoms with van der Waals surface area (Å²) in [5.74, 6) is 1.45. The maximum absolute atomic E-state index is 4.79. The van der Waals surface area contributed by atoms with Gasteiger partial charge in [-0.05, 0) is 31.5 Å². The van der Waals surface area contributed by atoms with Crippen molar-refractivity contribution >= 4 is 28.6 Å². The molecule has 7 heteroatoms. The van der Waals surface area contributed by atoms with Crippen LogP contribution in [0.3, 0.4) is 0 Å². The third kappa shape index (κ3) is 3.57. The molecule has 0 fully saturated rings. The van der Waals surface area contributed by atoms with Crippen LogP contribution < -0.4 is 10.6 Å². The Labute approximate surface area is 157 Å². The number of nitrogens with one attached hydrogen (secondary N) is 2. The number of rotatable bonds is 6. The van der Waals surface area contributed by atoms with Crippen molar-refractivity contribution < 1.29 is 0 Å². The highest BCUT2D eigenvalue weighted by atomic mass is 15.3. The predicted octanol–water partition coefficient (Wildman–Crippen LogP) is 4.16. The normalized spacial score (nSPS) is 11.1. The van der Waals surface area contributed by atoms with Crippen molar-refractivity contribution in [3.8, 4) is 0 Å². The lowest BCUT2D eigenvalue weighted by Gasteiger charge is -2.13. The van der Waals surface area contributed by atoms with Gasteiger partial charge < -0.3 is 10.6 Å². The molecule has 0 aliphatic carbocycles. The molecular weight excluding hydrogens is 338 g/mol. The second-order valence-electron chi connectivity index (χ2n) is 6.49. The molecule has 1 aromatic carbocycles. The van der Waals surface area contributed by atoms with E-state index in [-0.39, 0.29) is 6.04 Å². The summed E-state index contributed by atoms with van der Waals surface area (Å²) >= 11 is 0. The summed E-state index contributed by atoms with van der Waals surface area (Å²) in [5, 5.41) is 6.74. The molecule has 4 aromatic rings. The standard InChI is InChI=1S/C20H21N7/c1-14(2)27-19-17(26-20(27)25-16-8-10-21-11-9-16)18(23-13-24-19)22-12-15-6-4-3-5-7-15/h3-11,13-14H,12H2,1-2H3,(H,21,25,26)(H,22,23,24). The monoisotopic (exact) mass is 359 g/mol. The van der Waals surface area contributed by atoms with Crippen LogP contribution in [0, 0.1) is 0 Å². The average molecular weight is 359 g/mol. The number of fused-ring (bicyclic) bond motifs is 1. The molecule has 0 unspecified atom stereocenters. The first-order valence-electron chi connectivity index (χ1n) is 8.90. The summed E-state index contributed by atoms with van der Waals surface area (Å²) in [4.78, 5) is 17.7. The minimum Gasteiger partial charge on any atom is -0.364 e. The average Bonchev–Trinajstić information content (AvgIpc) is 3.06. The molecule has 0 aliphatic heterocycles. The zero-order valence-corrected chi connectivity index (χ0v) is 15.3. The summed E-state index contributed by atoms with van der Waals surface area (Å²) in [5.41, 5.74) is 3.66. The third-order valence-corrected chi connectivity index (χ3v) is 4.23. The van der Waals surface area contributed by atoms with Crippen LogP contribution in [0.2, 0.25) is 0 Å². The molecule has 3 heterocycles. The van der Waals surface area contributed by atoms with Crippen molar-refractivity contribution in [2.24, 2.45) is 0 Å². The molecule has 2 N–H and O–H groups in total. The number of aromatic nitrogens is 5. The van der Waals surface area contributed by atoms with Gasteiger partial charge in [-0.3, -0.25) is 9.55 Å². The van der Waals surface area contributed by atoms with Gasteiger partial charge in [0, 0.05) is 30.7 Å². The summed E-state index contributed by atoms with van der Waals surface area (Å²) in [6, 6.07) is 14.2. The maximum Gasteiger partial charge on any atom is 0.210 e. The van der Waals surface area contributed by atoms with Gasteiger partial charge in [-0.15, -0.1) is 0 Å². The van der Waals surface area contributed by atoms with E-state index in [2.05, 4.69) is 56.1 Å². The third-order valence-electron chi connectivity index (χ3n) is 4.23. The van der Waals surface area contributed by atoms with Crippen molar-refractivity contribution in [1.29, 1.82) is 0 Å². The van der Waals surface area contributed by atoms with Crippen LogP contribution in [0.15, 0.2) is 61.2 Å². The maximum atomic E-state index is 4.79. The Morgan fingerprint density at radius 3 is 2.52 bits per heavy atom. The van der Waals surface area contributed by atoms with Crippen LogP contribution >= 0.6 is 0 Å². The van der Waals surface area contributed by atoms with Gasteiger partial charge in [-0.25, -0.2) is 15.0 Å². The van der Waals surface area contributed by atoms with E-state index in [9.17, 15) is 0 Å². The molecule has 0 radical (unpaired) electrons. The lowest BCUT2D eigenvalue weighted by atomic mass is 10.2. The summed E-state index contributed by atoms with van der Waals surface area (Å²) in [7, 11) is 0. The summed E-state index contributed by atoms with van der Waals surface area (Å²) < 4.78 is 2.07. The number of imidazole rings is 1. The Balaban J connectivity index is 1.70. The molecule has 0 saturated heterocycles. The van der Waals surface area contributed by atoms with Gasteiger partial charge in [0.25, 0.3) is 0 Å². The molecule has 27 heavy (non-hydrogen) atoms. The van der Waals surface area contributed by atoms with Crippen molar-refractivity contribution in [2.45, 2.75) is 26.4 Å². The summed E-state index contributed by atoms with van der Waals surface area (Å²) in [6.07, 6.45) is 5.07. The zero-order valence-electron chi connectivity index (χ0n) is 15.3. The van der Waals surface area contributed by atoms with Gasteiger partial charge in [-0.2, -0.15) is 0 Å². The molecule has 136 valence electrons. The Hall–Kier alpha value is -3.48. The fourth-order valence-electron chi connectivity index (χ4n) is 2.96. The van der Waals surface area contributed by atoms with E-state index >= 15 is 0 Å². The van der Waals surface area contributed by atoms with E-state index in [0.29, 0.717) is 6.54 Å². The lowest BCUT2D eigenvalue weighted by molar-refractivity contribution is 0.620. The first kappa shape index (κ1) is 17.0. The first-order valence-corrected chi connectivity index (χ1v) is 8.90. The highest BCUT2D eigenvalue weighted by molar-refractivity contribution is 5.86. The van der Waals surface area contributed by atoms with Crippen molar-refractivity contribution in [3.05, 3.63) is 66.7 Å². The van der Waals surface area contributed by atoms with Crippen LogP contribution in [-0.4, -0.2) is 24.5 Å². The van der Waals surface area contributed by atoms with Gasteiger partial charge in [-0.1, -0.05) is 30.3 Å². The molecule has 0 aliphatic rings. The number of hydrogen-bond acceptors (Lipinski definition) is 6. The summed E-state index contributed by atoms with van der Waals surface area (Å²) in [6.45, 7) is 4.89. The van der Waals surface area contributed by atoms with Crippen molar-refractivity contribution in [2.75, 3.05) is 10.6 Å². The number of anilines is 3. The van der Waals surface area contributed by atoms with E-state index < -0.39 is 0 Å². The fraction of sp³-hybridized carbons (Fsp3) is 0.200. The molecular formula is C20H21N7. The predicted molar refractivity (Wildman–Crippen MR) is 107 cm³/mol. The quantitative estimate of drug-likeness (QED) is 0.538. The van der Waals surface area contributed by atoms with Gasteiger partial charge in [0.2, 0.25) is 5.95 Å². The number of benzene rings is 1. The van der Waals surface area contributed by atoms with Crippen LogP contribution in [0.4, 0.5) is 17.5 Å². The van der Waals surface area contributed by atoms with E-state index in [1.807, 2.05) is 30.3 Å². The van der Waals surface area contributed by atoms with Crippen LogP contribution in [0.5, 0.6) is 0 Å². The van der Waals surface area contributed by atoms with E-state index in [1.165, 1.54) is 5.56 Å². The Morgan fingerprint density at radius 1 is 1.00 bits per heavy atom. The lowest BCUT2D eigenvalue weighted by Crippen LogP contribution is -2.07. The minimum absolute atomic E-state index is 0.191. The SMILES string of the molecule is CC(C)n1c(Nc2ccncc2)nc2c(NCc3ccccc3)ncnc21. The highest BCUT2D eigenvalue weighted by Gasteiger charge is 2.18. The largest absolute Gasteiger partial charge is 0.364 e. The fourth-order valence-corrected chi connectivity index (χ4v) is 2.96. The first-order chi connectivity index (χ1) is 13.2. The molecule has 0 bridgehead atoms. The molecule has 0 spiro atoms. The number of pyridine rings is 1. The molecule has 0 amide bonds. The van der Waals surface area contributed by atoms with Gasteiger partial charge in [0.05, 0.1) is 0 Å². The Bertz CT molecular complexity index is 1030. The Kier molecular flexibility index (Phi) is 4.65. The molecule has 3 aromatic heterocycles. The second-order valence-corrected chi connectivity index (χ2v) is 6.49. The molecule has 0 atom stereocenters. The van der Waals surface area contributed by atoms with E-state index in [0.717, 1.165) is 28.6 Å². The molecule has 0 saturated carbocycles. The van der Waals surface area contributed by atoms with Crippen LogP contribution in [-0.2, 0) is 6.54 Å². The minimum atomic E-state index is 0.191. The van der Waals surface area contributed by atoms with Crippen LogP contribution in [0.1, 0.15) is 25.5 Å². The van der Waals surface area contributed by atoms with Gasteiger partial charge in [0.15, 0.2) is 17.0 Å². The van der Waals surface area contributed by atoms with Crippen molar-refractivity contribution in [3.63, 3.8) is 0 Å². The topological polar surface area (TPSA) is 80.5 Å². The number of nitrogens with zero attached hydrogens (tertiary/aromatic N) is 5. The zero-order chi connectivity index (χ0) is 18.6. The van der Waals surface area contributed by atoms with Crippen molar-refractivity contribution in [1.82, 2.24) is 24.5 Å². The van der Waals surface area contributed by atoms with E-state index in [1.54, 1.807) is 18.7 Å². The number of hydrogen-bond donors (Lipinski definition) is 2. The smallest absolute Gasteiger partial charge is 0.210 e.